The molecule has 3 rings (SSSR count). The van der Waals surface area contributed by atoms with Crippen LogP contribution in [0.4, 0.5) is 0 Å². The zero-order chi connectivity index (χ0) is 20.3. The van der Waals surface area contributed by atoms with Gasteiger partial charge in [0, 0.05) is 12.7 Å². The molecule has 0 bridgehead atoms. The summed E-state index contributed by atoms with van der Waals surface area (Å²) in [6, 6.07) is 12.4. The molecule has 1 atom stereocenters. The van der Waals surface area contributed by atoms with Crippen LogP contribution < -0.4 is 5.73 Å². The average Bonchev–Trinajstić information content (AvgIpc) is 3.16. The summed E-state index contributed by atoms with van der Waals surface area (Å²) in [6.07, 6.45) is 1.23. The van der Waals surface area contributed by atoms with E-state index in [1.165, 1.54) is 22.9 Å². The zero-order valence-electron chi connectivity index (χ0n) is 15.5. The number of carbonyl (C=O) groups excluding carboxylic acids is 4. The highest BCUT2D eigenvalue weighted by Crippen LogP contribution is 2.33. The Morgan fingerprint density at radius 1 is 1.11 bits per heavy atom. The maximum absolute atomic E-state index is 13.4. The number of nitrogens with two attached hydrogens (primary N) is 1. The zero-order valence-corrected chi connectivity index (χ0v) is 15.5. The van der Waals surface area contributed by atoms with Crippen LogP contribution in [0.15, 0.2) is 48.7 Å². The third-order valence-electron chi connectivity index (χ3n) is 4.73. The third kappa shape index (κ3) is 3.17. The molecule has 0 aliphatic carbocycles. The fourth-order valence-electron chi connectivity index (χ4n) is 3.45. The van der Waals surface area contributed by atoms with Gasteiger partial charge >= 0.3 is 5.97 Å². The van der Waals surface area contributed by atoms with Crippen LogP contribution in [0.1, 0.15) is 29.4 Å². The molecule has 1 unspecified atom stereocenters. The number of hydrogen-bond donors (Lipinski definition) is 1. The van der Waals surface area contributed by atoms with Gasteiger partial charge in [0.25, 0.3) is 11.8 Å². The molecule has 1 aromatic heterocycles. The van der Waals surface area contributed by atoms with Crippen LogP contribution in [0.25, 0.3) is 0 Å². The maximum atomic E-state index is 13.4. The minimum absolute atomic E-state index is 0.0151. The molecule has 8 heteroatoms. The number of fused-ring (bicyclic) bond motifs is 1. The molecule has 0 spiro atoms. The minimum Gasteiger partial charge on any atom is -0.464 e. The molecule has 0 saturated carbocycles. The molecular formula is C20H21N3O5. The van der Waals surface area contributed by atoms with Crippen LogP contribution in [0.2, 0.25) is 0 Å². The number of ether oxygens (including phenoxy) is 1. The molecule has 146 valence electrons. The van der Waals surface area contributed by atoms with Crippen molar-refractivity contribution in [2.75, 3.05) is 13.2 Å². The number of carbonyl (C=O) groups is 4. The van der Waals surface area contributed by atoms with Crippen molar-refractivity contribution in [1.29, 1.82) is 0 Å². The molecule has 1 aliphatic heterocycles. The molecule has 0 fully saturated rings. The predicted octanol–water partition coefficient (Wildman–Crippen LogP) is 0.847. The Morgan fingerprint density at radius 2 is 1.82 bits per heavy atom. The van der Waals surface area contributed by atoms with Crippen LogP contribution in [0.3, 0.4) is 0 Å². The highest BCUT2D eigenvalue weighted by Gasteiger charge is 2.57. The molecular weight excluding hydrogens is 362 g/mol. The number of hydrogen-bond acceptors (Lipinski definition) is 5. The first-order valence-corrected chi connectivity index (χ1v) is 8.95. The lowest BCUT2D eigenvalue weighted by molar-refractivity contribution is -0.165. The maximum Gasteiger partial charge on any atom is 0.342 e. The van der Waals surface area contributed by atoms with E-state index in [2.05, 4.69) is 0 Å². The summed E-state index contributed by atoms with van der Waals surface area (Å²) in [5, 5.41) is 0. The molecule has 0 saturated heterocycles. The van der Waals surface area contributed by atoms with E-state index in [1.807, 2.05) is 30.3 Å². The van der Waals surface area contributed by atoms with Gasteiger partial charge in [-0.1, -0.05) is 30.3 Å². The first-order valence-electron chi connectivity index (χ1n) is 8.95. The van der Waals surface area contributed by atoms with E-state index < -0.39 is 35.7 Å². The Labute approximate surface area is 161 Å². The number of nitrogens with zero attached hydrogens (tertiary/aromatic N) is 2. The summed E-state index contributed by atoms with van der Waals surface area (Å²) in [5.74, 6) is -3.10. The summed E-state index contributed by atoms with van der Waals surface area (Å²) in [7, 11) is 0. The molecule has 28 heavy (non-hydrogen) atoms. The molecule has 1 aromatic carbocycles. The van der Waals surface area contributed by atoms with Crippen LogP contribution in [-0.2, 0) is 31.1 Å². The molecule has 2 aromatic rings. The molecule has 0 radical (unpaired) electrons. The van der Waals surface area contributed by atoms with Crippen LogP contribution in [0.5, 0.6) is 0 Å². The number of aromatic nitrogens is 1. The van der Waals surface area contributed by atoms with Crippen molar-refractivity contribution in [2.45, 2.75) is 25.3 Å². The smallest absolute Gasteiger partial charge is 0.342 e. The fourth-order valence-corrected chi connectivity index (χ4v) is 3.45. The van der Waals surface area contributed by atoms with Crippen molar-refractivity contribution in [3.8, 4) is 0 Å². The summed E-state index contributed by atoms with van der Waals surface area (Å²) in [6.45, 7) is 1.67. The van der Waals surface area contributed by atoms with Crippen molar-refractivity contribution < 1.29 is 23.9 Å². The van der Waals surface area contributed by atoms with Gasteiger partial charge in [-0.05, 0) is 31.0 Å². The standard InChI is InChI=1S/C20H21N3O5/c1-2-28-19(27)20(13-16(21)24)18(26)22(12-10-14-7-4-3-5-8-14)17(25)15-9-6-11-23(15)20/h3-9,11H,2,10,12-13H2,1H3,(H2,21,24). The van der Waals surface area contributed by atoms with Gasteiger partial charge in [-0.2, -0.15) is 0 Å². The van der Waals surface area contributed by atoms with E-state index in [1.54, 1.807) is 6.92 Å². The lowest BCUT2D eigenvalue weighted by atomic mass is 9.89. The Kier molecular flexibility index (Phi) is 5.30. The van der Waals surface area contributed by atoms with Crippen molar-refractivity contribution in [3.05, 3.63) is 59.9 Å². The van der Waals surface area contributed by atoms with Crippen LogP contribution in [-0.4, -0.2) is 46.3 Å². The Hall–Kier alpha value is -3.42. The Morgan fingerprint density at radius 3 is 2.46 bits per heavy atom. The van der Waals surface area contributed by atoms with E-state index >= 15 is 0 Å². The Bertz CT molecular complexity index is 921. The second-order valence-corrected chi connectivity index (χ2v) is 6.48. The van der Waals surface area contributed by atoms with Gasteiger partial charge in [0.15, 0.2) is 0 Å². The largest absolute Gasteiger partial charge is 0.464 e. The van der Waals surface area contributed by atoms with E-state index in [0.29, 0.717) is 6.42 Å². The van der Waals surface area contributed by atoms with Gasteiger partial charge in [0.05, 0.1) is 13.0 Å². The second-order valence-electron chi connectivity index (χ2n) is 6.48. The van der Waals surface area contributed by atoms with Crippen LogP contribution in [0, 0.1) is 0 Å². The molecule has 2 N–H and O–H groups in total. The lowest BCUT2D eigenvalue weighted by Gasteiger charge is -2.40. The summed E-state index contributed by atoms with van der Waals surface area (Å²) in [4.78, 5) is 51.9. The highest BCUT2D eigenvalue weighted by molar-refractivity contribution is 6.18. The van der Waals surface area contributed by atoms with Gasteiger partial charge in [-0.15, -0.1) is 0 Å². The van der Waals surface area contributed by atoms with Gasteiger partial charge in [-0.3, -0.25) is 19.3 Å². The topological polar surface area (TPSA) is 112 Å². The monoisotopic (exact) mass is 383 g/mol. The van der Waals surface area contributed by atoms with Crippen molar-refractivity contribution in [1.82, 2.24) is 9.47 Å². The second kappa shape index (κ2) is 7.67. The first-order chi connectivity index (χ1) is 13.4. The molecule has 3 amide bonds. The quantitative estimate of drug-likeness (QED) is 0.433. The average molecular weight is 383 g/mol. The van der Waals surface area contributed by atoms with Crippen molar-refractivity contribution >= 4 is 23.7 Å². The molecule has 1 aliphatic rings. The number of rotatable bonds is 7. The number of primary amides is 1. The lowest BCUT2D eigenvalue weighted by Crippen LogP contribution is -2.63. The minimum atomic E-state index is -2.02. The predicted molar refractivity (Wildman–Crippen MR) is 99.0 cm³/mol. The molecule has 2 heterocycles. The normalized spacial score (nSPS) is 18.7. The Balaban J connectivity index is 2.04. The van der Waals surface area contributed by atoms with Gasteiger partial charge in [0.1, 0.15) is 5.69 Å². The fraction of sp³-hybridized carbons (Fsp3) is 0.300. The first kappa shape index (κ1) is 19.3. The third-order valence-corrected chi connectivity index (χ3v) is 4.73. The van der Waals surface area contributed by atoms with Crippen LogP contribution >= 0.6 is 0 Å². The molecule has 8 nitrogen and oxygen atoms in total. The van der Waals surface area contributed by atoms with Gasteiger partial charge < -0.3 is 15.0 Å². The summed E-state index contributed by atoms with van der Waals surface area (Å²) < 4.78 is 6.31. The number of benzene rings is 1. The van der Waals surface area contributed by atoms with E-state index in [0.717, 1.165) is 10.5 Å². The number of amides is 3. The van der Waals surface area contributed by atoms with Gasteiger partial charge in [-0.25, -0.2) is 4.79 Å². The SMILES string of the molecule is CCOC(=O)C1(CC(N)=O)C(=O)N(CCc2ccccc2)C(=O)c2cccn21. The van der Waals surface area contributed by atoms with Crippen molar-refractivity contribution in [2.24, 2.45) is 5.73 Å². The van der Waals surface area contributed by atoms with E-state index in [9.17, 15) is 19.2 Å². The summed E-state index contributed by atoms with van der Waals surface area (Å²) in [5.41, 5.74) is 4.40. The number of esters is 1. The highest BCUT2D eigenvalue weighted by atomic mass is 16.5. The number of imide groups is 1. The summed E-state index contributed by atoms with van der Waals surface area (Å²) >= 11 is 0. The van der Waals surface area contributed by atoms with E-state index in [4.69, 9.17) is 10.5 Å². The van der Waals surface area contributed by atoms with Crippen molar-refractivity contribution in [3.63, 3.8) is 0 Å². The van der Waals surface area contributed by atoms with E-state index in [-0.39, 0.29) is 18.8 Å². The van der Waals surface area contributed by atoms with Gasteiger partial charge in [0.2, 0.25) is 11.4 Å².